The van der Waals surface area contributed by atoms with Crippen LogP contribution in [0.5, 0.6) is 0 Å². The maximum atomic E-state index is 11.4. The lowest BCUT2D eigenvalue weighted by molar-refractivity contribution is -0.173. The molecule has 1 aliphatic rings. The van der Waals surface area contributed by atoms with E-state index in [1.165, 1.54) is 7.11 Å². The highest BCUT2D eigenvalue weighted by atomic mass is 16.6. The third kappa shape index (κ3) is 2.61. The summed E-state index contributed by atoms with van der Waals surface area (Å²) in [4.78, 5) is 13.1. The van der Waals surface area contributed by atoms with Gasteiger partial charge in [-0.25, -0.2) is 4.79 Å². The Hall–Kier alpha value is -0.770. The average molecular weight is 201 g/mol. The summed E-state index contributed by atoms with van der Waals surface area (Å²) in [6.45, 7) is 9.05. The van der Waals surface area contributed by atoms with Crippen LogP contribution in [-0.4, -0.2) is 42.4 Å². The van der Waals surface area contributed by atoms with Gasteiger partial charge in [0.15, 0.2) is 0 Å². The van der Waals surface area contributed by atoms with Crippen molar-refractivity contribution in [1.82, 2.24) is 4.90 Å². The molecule has 1 fully saturated rings. The van der Waals surface area contributed by atoms with Crippen molar-refractivity contribution in [3.05, 3.63) is 0 Å². The van der Waals surface area contributed by atoms with Crippen LogP contribution in [-0.2, 0) is 9.47 Å². The van der Waals surface area contributed by atoms with Gasteiger partial charge in [-0.05, 0) is 27.7 Å². The van der Waals surface area contributed by atoms with Crippen molar-refractivity contribution in [1.29, 1.82) is 0 Å². The summed E-state index contributed by atoms with van der Waals surface area (Å²) in [6.07, 6.45) is -0.283. The number of nitrogens with zero attached hydrogens (tertiary/aromatic N) is 1. The van der Waals surface area contributed by atoms with Crippen LogP contribution in [0.1, 0.15) is 27.7 Å². The fraction of sp³-hybridized carbons (Fsp3) is 0.900. The van der Waals surface area contributed by atoms with Crippen molar-refractivity contribution < 1.29 is 14.3 Å². The van der Waals surface area contributed by atoms with Gasteiger partial charge < -0.3 is 14.4 Å². The van der Waals surface area contributed by atoms with E-state index in [4.69, 9.17) is 9.47 Å². The first kappa shape index (κ1) is 11.3. The lowest BCUT2D eigenvalue weighted by Gasteiger charge is -2.46. The SMILES string of the molecule is COC(=O)N1CC(C)(C)OC(C)(C)C1. The number of carbonyl (C=O) groups excluding carboxylic acids is 1. The minimum absolute atomic E-state index is 0.283. The highest BCUT2D eigenvalue weighted by Crippen LogP contribution is 2.28. The van der Waals surface area contributed by atoms with E-state index < -0.39 is 0 Å². The molecule has 1 heterocycles. The molecule has 0 aliphatic carbocycles. The number of methoxy groups -OCH3 is 1. The highest BCUT2D eigenvalue weighted by Gasteiger charge is 2.40. The highest BCUT2D eigenvalue weighted by molar-refractivity contribution is 5.67. The van der Waals surface area contributed by atoms with Crippen molar-refractivity contribution in [2.75, 3.05) is 20.2 Å². The summed E-state index contributed by atoms with van der Waals surface area (Å²) in [7, 11) is 1.40. The lowest BCUT2D eigenvalue weighted by Crippen LogP contribution is -2.58. The Labute approximate surface area is 85.2 Å². The molecule has 4 nitrogen and oxygen atoms in total. The Morgan fingerprint density at radius 2 is 1.64 bits per heavy atom. The van der Waals surface area contributed by atoms with E-state index in [-0.39, 0.29) is 17.3 Å². The van der Waals surface area contributed by atoms with Crippen LogP contribution < -0.4 is 0 Å². The van der Waals surface area contributed by atoms with Crippen LogP contribution in [0.3, 0.4) is 0 Å². The van der Waals surface area contributed by atoms with Crippen molar-refractivity contribution in [3.63, 3.8) is 0 Å². The number of ether oxygens (including phenoxy) is 2. The summed E-state index contributed by atoms with van der Waals surface area (Å²) in [5.74, 6) is 0. The quantitative estimate of drug-likeness (QED) is 0.598. The molecular formula is C10H19NO3. The smallest absolute Gasteiger partial charge is 0.409 e. The summed E-state index contributed by atoms with van der Waals surface area (Å²) >= 11 is 0. The van der Waals surface area contributed by atoms with E-state index in [1.54, 1.807) is 4.90 Å². The molecule has 0 aromatic rings. The maximum Gasteiger partial charge on any atom is 0.409 e. The van der Waals surface area contributed by atoms with Gasteiger partial charge in [0.1, 0.15) is 0 Å². The zero-order chi connectivity index (χ0) is 11.0. The van der Waals surface area contributed by atoms with Gasteiger partial charge in [0.2, 0.25) is 0 Å². The van der Waals surface area contributed by atoms with Crippen LogP contribution in [0.2, 0.25) is 0 Å². The molecule has 0 unspecified atom stereocenters. The second-order valence-electron chi connectivity index (χ2n) is 4.95. The van der Waals surface area contributed by atoms with E-state index >= 15 is 0 Å². The predicted octanol–water partition coefficient (Wildman–Crippen LogP) is 1.64. The van der Waals surface area contributed by atoms with Gasteiger partial charge in [0.05, 0.1) is 31.4 Å². The van der Waals surface area contributed by atoms with Gasteiger partial charge in [-0.1, -0.05) is 0 Å². The van der Waals surface area contributed by atoms with Gasteiger partial charge in [-0.2, -0.15) is 0 Å². The predicted molar refractivity (Wildman–Crippen MR) is 53.2 cm³/mol. The number of rotatable bonds is 0. The van der Waals surface area contributed by atoms with Crippen LogP contribution >= 0.6 is 0 Å². The molecule has 14 heavy (non-hydrogen) atoms. The normalized spacial score (nSPS) is 24.5. The molecule has 4 heteroatoms. The minimum atomic E-state index is -0.310. The molecule has 1 saturated heterocycles. The molecule has 0 atom stereocenters. The van der Waals surface area contributed by atoms with Gasteiger partial charge in [0, 0.05) is 0 Å². The Balaban J connectivity index is 2.76. The fourth-order valence-electron chi connectivity index (χ4n) is 2.05. The lowest BCUT2D eigenvalue weighted by atomic mass is 9.99. The van der Waals surface area contributed by atoms with E-state index in [9.17, 15) is 4.79 Å². The fourth-order valence-corrected chi connectivity index (χ4v) is 2.05. The first-order chi connectivity index (χ1) is 6.26. The zero-order valence-corrected chi connectivity index (χ0v) is 9.59. The third-order valence-electron chi connectivity index (χ3n) is 2.13. The molecule has 0 aromatic carbocycles. The van der Waals surface area contributed by atoms with Crippen LogP contribution in [0, 0.1) is 0 Å². The molecule has 0 saturated carbocycles. The van der Waals surface area contributed by atoms with Crippen molar-refractivity contribution >= 4 is 6.09 Å². The standard InChI is InChI=1S/C10H19NO3/c1-9(2)6-11(8(12)13-5)7-10(3,4)14-9/h6-7H2,1-5H3. The molecular weight excluding hydrogens is 182 g/mol. The summed E-state index contributed by atoms with van der Waals surface area (Å²) in [5, 5.41) is 0. The molecule has 1 rings (SSSR count). The molecule has 0 spiro atoms. The summed E-state index contributed by atoms with van der Waals surface area (Å²) < 4.78 is 10.5. The number of amides is 1. The minimum Gasteiger partial charge on any atom is -0.453 e. The Kier molecular flexibility index (Phi) is 2.76. The Bertz CT molecular complexity index is 220. The van der Waals surface area contributed by atoms with E-state index in [1.807, 2.05) is 27.7 Å². The monoisotopic (exact) mass is 201 g/mol. The molecule has 0 radical (unpaired) electrons. The number of hydrogen-bond donors (Lipinski definition) is 0. The Morgan fingerprint density at radius 3 is 2.00 bits per heavy atom. The zero-order valence-electron chi connectivity index (χ0n) is 9.59. The molecule has 1 aliphatic heterocycles. The van der Waals surface area contributed by atoms with Crippen molar-refractivity contribution in [2.45, 2.75) is 38.9 Å². The number of morpholine rings is 1. The molecule has 1 amide bonds. The molecule has 0 aromatic heterocycles. The van der Waals surface area contributed by atoms with Gasteiger partial charge in [-0.15, -0.1) is 0 Å². The van der Waals surface area contributed by atoms with Gasteiger partial charge in [-0.3, -0.25) is 0 Å². The van der Waals surface area contributed by atoms with E-state index in [0.717, 1.165) is 0 Å². The second-order valence-corrected chi connectivity index (χ2v) is 4.95. The Morgan fingerprint density at radius 1 is 1.21 bits per heavy atom. The molecule has 0 bridgehead atoms. The van der Waals surface area contributed by atoms with Crippen LogP contribution in [0.15, 0.2) is 0 Å². The van der Waals surface area contributed by atoms with E-state index in [0.29, 0.717) is 13.1 Å². The summed E-state index contributed by atoms with van der Waals surface area (Å²) in [6, 6.07) is 0. The number of hydrogen-bond acceptors (Lipinski definition) is 3. The van der Waals surface area contributed by atoms with Crippen LogP contribution in [0.4, 0.5) is 4.79 Å². The third-order valence-corrected chi connectivity index (χ3v) is 2.13. The largest absolute Gasteiger partial charge is 0.453 e. The average Bonchev–Trinajstić information content (AvgIpc) is 1.97. The summed E-state index contributed by atoms with van der Waals surface area (Å²) in [5.41, 5.74) is -0.619. The molecule has 82 valence electrons. The van der Waals surface area contributed by atoms with Gasteiger partial charge >= 0.3 is 6.09 Å². The van der Waals surface area contributed by atoms with E-state index in [2.05, 4.69) is 0 Å². The number of carbonyl (C=O) groups is 1. The van der Waals surface area contributed by atoms with Crippen molar-refractivity contribution in [3.8, 4) is 0 Å². The topological polar surface area (TPSA) is 38.8 Å². The van der Waals surface area contributed by atoms with Gasteiger partial charge in [0.25, 0.3) is 0 Å². The first-order valence-corrected chi connectivity index (χ1v) is 4.79. The van der Waals surface area contributed by atoms with Crippen molar-refractivity contribution in [2.24, 2.45) is 0 Å². The van der Waals surface area contributed by atoms with Crippen LogP contribution in [0.25, 0.3) is 0 Å². The second kappa shape index (κ2) is 3.42. The first-order valence-electron chi connectivity index (χ1n) is 4.79. The maximum absolute atomic E-state index is 11.4. The molecule has 0 N–H and O–H groups in total.